The molecule has 0 aliphatic heterocycles. The van der Waals surface area contributed by atoms with E-state index in [0.717, 1.165) is 23.9 Å². The fourth-order valence-corrected chi connectivity index (χ4v) is 3.73. The van der Waals surface area contributed by atoms with Gasteiger partial charge in [0, 0.05) is 12.0 Å². The number of benzene rings is 1. The highest BCUT2D eigenvalue weighted by Gasteiger charge is 2.51. The molecule has 0 radical (unpaired) electrons. The van der Waals surface area contributed by atoms with Gasteiger partial charge in [0.2, 0.25) is 11.9 Å². The van der Waals surface area contributed by atoms with E-state index in [9.17, 15) is 9.90 Å². The summed E-state index contributed by atoms with van der Waals surface area (Å²) in [5.41, 5.74) is 1.44. The largest absolute Gasteiger partial charge is 0.390 e. The second kappa shape index (κ2) is 5.57. The number of hydrogen-bond acceptors (Lipinski definition) is 4. The van der Waals surface area contributed by atoms with Crippen LogP contribution in [-0.4, -0.2) is 26.2 Å². The first kappa shape index (κ1) is 16.1. The number of amides is 1. The van der Waals surface area contributed by atoms with Gasteiger partial charge < -0.3 is 9.67 Å². The topological polar surface area (TPSA) is 90.9 Å². The summed E-state index contributed by atoms with van der Waals surface area (Å²) < 4.78 is 2.07. The fraction of sp³-hybridized carbons (Fsp3) is 0.526. The second-order valence-electron chi connectivity index (χ2n) is 7.80. The predicted molar refractivity (Wildman–Crippen MR) is 93.9 cm³/mol. The summed E-state index contributed by atoms with van der Waals surface area (Å²) in [5.74, 6) is 0.313. The van der Waals surface area contributed by atoms with Gasteiger partial charge in [-0.3, -0.25) is 10.1 Å². The Morgan fingerprint density at radius 1 is 1.44 bits per heavy atom. The molecule has 2 aromatic rings. The van der Waals surface area contributed by atoms with Crippen molar-refractivity contribution in [2.24, 2.45) is 11.8 Å². The molecule has 2 aliphatic carbocycles. The van der Waals surface area contributed by atoms with Gasteiger partial charge in [-0.15, -0.1) is 0 Å². The molecule has 1 amide bonds. The average Bonchev–Trinajstić information content (AvgIpc) is 3.26. The van der Waals surface area contributed by atoms with Crippen LogP contribution in [0.3, 0.4) is 0 Å². The number of imidazole rings is 1. The number of nitriles is 1. The lowest BCUT2D eigenvalue weighted by molar-refractivity contribution is -0.118. The monoisotopic (exact) mass is 338 g/mol. The Hall–Kier alpha value is -2.39. The van der Waals surface area contributed by atoms with Crippen LogP contribution >= 0.6 is 0 Å². The molecule has 4 rings (SSSR count). The highest BCUT2D eigenvalue weighted by molar-refractivity contribution is 5.95. The third kappa shape index (κ3) is 2.79. The quantitative estimate of drug-likeness (QED) is 0.896. The van der Waals surface area contributed by atoms with Crippen LogP contribution < -0.4 is 5.32 Å². The molecule has 1 heterocycles. The first-order chi connectivity index (χ1) is 11.9. The minimum Gasteiger partial charge on any atom is -0.390 e. The molecule has 0 unspecified atom stereocenters. The van der Waals surface area contributed by atoms with Gasteiger partial charge in [0.15, 0.2) is 0 Å². The van der Waals surface area contributed by atoms with E-state index in [0.29, 0.717) is 24.0 Å². The maximum Gasteiger partial charge on any atom is 0.230 e. The van der Waals surface area contributed by atoms with E-state index < -0.39 is 5.60 Å². The van der Waals surface area contributed by atoms with E-state index in [1.54, 1.807) is 19.9 Å². The number of nitrogens with one attached hydrogen (secondary N) is 1. The molecule has 130 valence electrons. The van der Waals surface area contributed by atoms with E-state index in [-0.39, 0.29) is 17.7 Å². The summed E-state index contributed by atoms with van der Waals surface area (Å²) in [4.78, 5) is 17.2. The van der Waals surface area contributed by atoms with Gasteiger partial charge in [-0.2, -0.15) is 5.26 Å². The maximum absolute atomic E-state index is 12.6. The summed E-state index contributed by atoms with van der Waals surface area (Å²) in [5, 5.41) is 22.2. The molecule has 2 fully saturated rings. The summed E-state index contributed by atoms with van der Waals surface area (Å²) in [6, 6.07) is 7.90. The minimum absolute atomic E-state index is 0.000720. The van der Waals surface area contributed by atoms with Crippen molar-refractivity contribution in [3.05, 3.63) is 23.8 Å². The molecular weight excluding hydrogens is 316 g/mol. The Balaban J connectivity index is 1.65. The van der Waals surface area contributed by atoms with Crippen molar-refractivity contribution in [3.8, 4) is 6.07 Å². The molecule has 25 heavy (non-hydrogen) atoms. The number of nitrogens with zero attached hydrogens (tertiary/aromatic N) is 3. The van der Waals surface area contributed by atoms with Gasteiger partial charge in [-0.1, -0.05) is 0 Å². The van der Waals surface area contributed by atoms with Crippen molar-refractivity contribution in [2.75, 3.05) is 5.32 Å². The van der Waals surface area contributed by atoms with Crippen LogP contribution in [0, 0.1) is 23.2 Å². The number of aromatic nitrogens is 2. The number of hydrogen-bond donors (Lipinski definition) is 2. The van der Waals surface area contributed by atoms with Gasteiger partial charge in [-0.05, 0) is 63.6 Å². The molecule has 0 spiro atoms. The molecule has 2 saturated carbocycles. The summed E-state index contributed by atoms with van der Waals surface area (Å²) in [7, 11) is 0. The van der Waals surface area contributed by atoms with Crippen LogP contribution in [0.15, 0.2) is 18.2 Å². The van der Waals surface area contributed by atoms with Crippen LogP contribution in [-0.2, 0) is 4.79 Å². The predicted octanol–water partition coefficient (Wildman–Crippen LogP) is 2.98. The van der Waals surface area contributed by atoms with Crippen LogP contribution in [0.4, 0.5) is 5.95 Å². The van der Waals surface area contributed by atoms with Crippen molar-refractivity contribution in [3.63, 3.8) is 0 Å². The number of rotatable bonds is 4. The third-order valence-electron chi connectivity index (χ3n) is 5.53. The van der Waals surface area contributed by atoms with Crippen molar-refractivity contribution < 1.29 is 9.90 Å². The molecule has 2 atom stereocenters. The second-order valence-corrected chi connectivity index (χ2v) is 7.80. The number of fused-ring (bicyclic) bond motifs is 1. The lowest BCUT2D eigenvalue weighted by atomic mass is 9.92. The molecule has 6 nitrogen and oxygen atoms in total. The Kier molecular flexibility index (Phi) is 3.58. The van der Waals surface area contributed by atoms with Crippen molar-refractivity contribution in [1.82, 2.24) is 9.55 Å². The van der Waals surface area contributed by atoms with E-state index >= 15 is 0 Å². The normalized spacial score (nSPS) is 23.1. The first-order valence-electron chi connectivity index (χ1n) is 8.84. The highest BCUT2D eigenvalue weighted by atomic mass is 16.3. The van der Waals surface area contributed by atoms with E-state index in [1.807, 2.05) is 12.1 Å². The van der Waals surface area contributed by atoms with Gasteiger partial charge in [0.1, 0.15) is 0 Å². The zero-order valence-electron chi connectivity index (χ0n) is 14.5. The number of carbonyl (C=O) groups is 1. The number of anilines is 1. The number of carbonyl (C=O) groups excluding carboxylic acids is 1. The highest BCUT2D eigenvalue weighted by Crippen LogP contribution is 2.47. The molecular formula is C19H22N4O2. The van der Waals surface area contributed by atoms with E-state index in [4.69, 9.17) is 5.26 Å². The zero-order chi connectivity index (χ0) is 17.8. The molecule has 0 bridgehead atoms. The Bertz CT molecular complexity index is 883. The van der Waals surface area contributed by atoms with Crippen LogP contribution in [0.1, 0.15) is 51.1 Å². The zero-order valence-corrected chi connectivity index (χ0v) is 14.5. The smallest absolute Gasteiger partial charge is 0.230 e. The molecule has 6 heteroatoms. The summed E-state index contributed by atoms with van der Waals surface area (Å²) in [6.45, 7) is 3.50. The molecule has 2 aliphatic rings. The van der Waals surface area contributed by atoms with Gasteiger partial charge in [0.05, 0.1) is 28.3 Å². The van der Waals surface area contributed by atoms with Crippen molar-refractivity contribution >= 4 is 22.9 Å². The van der Waals surface area contributed by atoms with Gasteiger partial charge >= 0.3 is 0 Å². The number of aliphatic hydroxyl groups is 1. The van der Waals surface area contributed by atoms with E-state index in [1.165, 1.54) is 6.42 Å². The first-order valence-corrected chi connectivity index (χ1v) is 8.84. The lowest BCUT2D eigenvalue weighted by Crippen LogP contribution is -2.27. The Labute approximate surface area is 146 Å². The average molecular weight is 338 g/mol. The van der Waals surface area contributed by atoms with Gasteiger partial charge in [-0.25, -0.2) is 4.98 Å². The van der Waals surface area contributed by atoms with Crippen LogP contribution in [0.5, 0.6) is 0 Å². The van der Waals surface area contributed by atoms with Crippen molar-refractivity contribution in [1.29, 1.82) is 5.26 Å². The summed E-state index contributed by atoms with van der Waals surface area (Å²) >= 11 is 0. The lowest BCUT2D eigenvalue weighted by Gasteiger charge is -2.29. The van der Waals surface area contributed by atoms with Crippen LogP contribution in [0.25, 0.3) is 11.0 Å². The standard InChI is InChI=1S/C19H22N4O2/c1-19(2,25)14-9-13(14)17(24)22-18-21-15-7-6-11(10-20)8-16(15)23(18)12-4-3-5-12/h6-8,12-14,25H,3-5,9H2,1-2H3,(H,21,22,24)/t13-,14-/m0/s1. The fourth-order valence-electron chi connectivity index (χ4n) is 3.73. The maximum atomic E-state index is 12.6. The Morgan fingerprint density at radius 2 is 2.20 bits per heavy atom. The van der Waals surface area contributed by atoms with Crippen molar-refractivity contribution in [2.45, 2.75) is 51.2 Å². The molecule has 1 aromatic carbocycles. The molecule has 0 saturated heterocycles. The molecule has 1 aromatic heterocycles. The third-order valence-corrected chi connectivity index (χ3v) is 5.53. The van der Waals surface area contributed by atoms with E-state index in [2.05, 4.69) is 20.9 Å². The van der Waals surface area contributed by atoms with Gasteiger partial charge in [0.25, 0.3) is 0 Å². The molecule has 2 N–H and O–H groups in total. The summed E-state index contributed by atoms with van der Waals surface area (Å²) in [6.07, 6.45) is 3.98. The SMILES string of the molecule is CC(C)(O)[C@H]1C[C@@H]1C(=O)Nc1nc2ccc(C#N)cc2n1C1CCC1. The van der Waals surface area contributed by atoms with Crippen LogP contribution in [0.2, 0.25) is 0 Å². The minimum atomic E-state index is -0.836. The Morgan fingerprint density at radius 3 is 2.76 bits per heavy atom.